The lowest BCUT2D eigenvalue weighted by atomic mass is 10.4. The smallest absolute Gasteiger partial charge is 0.223 e. The molecule has 0 bridgehead atoms. The maximum Gasteiger partial charge on any atom is 0.223 e. The van der Waals surface area contributed by atoms with E-state index in [0.29, 0.717) is 23.4 Å². The van der Waals surface area contributed by atoms with Crippen LogP contribution in [0.3, 0.4) is 0 Å². The Kier molecular flexibility index (Phi) is 60.6. The van der Waals surface area contributed by atoms with Gasteiger partial charge in [-0.3, -0.25) is 20.0 Å². The van der Waals surface area contributed by atoms with E-state index in [9.17, 15) is 0 Å². The predicted molar refractivity (Wildman–Crippen MR) is 350 cm³/mol. The van der Waals surface area contributed by atoms with Gasteiger partial charge in [0.25, 0.3) is 0 Å². The van der Waals surface area contributed by atoms with Gasteiger partial charge in [-0.1, -0.05) is 79.6 Å². The highest BCUT2D eigenvalue weighted by molar-refractivity contribution is 7.11. The Balaban J connectivity index is -0.000000285. The van der Waals surface area contributed by atoms with Crippen molar-refractivity contribution in [3.63, 3.8) is 0 Å². The van der Waals surface area contributed by atoms with Gasteiger partial charge in [-0.15, -0.1) is 31.7 Å². The lowest BCUT2D eigenvalue weighted by molar-refractivity contribution is 0.389. The van der Waals surface area contributed by atoms with Crippen LogP contribution >= 0.6 is 34.4 Å². The van der Waals surface area contributed by atoms with Crippen LogP contribution < -0.4 is 0 Å². The number of rotatable bonds is 0. The van der Waals surface area contributed by atoms with Crippen LogP contribution in [-0.2, 0) is 14.1 Å². The highest BCUT2D eigenvalue weighted by Crippen LogP contribution is 2.04. The Morgan fingerprint density at radius 1 is 0.404 bits per heavy atom. The van der Waals surface area contributed by atoms with Crippen LogP contribution in [0.25, 0.3) is 0 Å². The average molecular weight is 1300 g/mol. The Bertz CT molecular complexity index is 2650. The van der Waals surface area contributed by atoms with Gasteiger partial charge in [0, 0.05) is 27.9 Å². The first-order valence-electron chi connectivity index (χ1n) is 28.1. The van der Waals surface area contributed by atoms with Crippen LogP contribution in [0.1, 0.15) is 165 Å². The third-order valence-corrected chi connectivity index (χ3v) is 9.97. The zero-order valence-corrected chi connectivity index (χ0v) is 60.2. The Morgan fingerprint density at radius 2 is 0.753 bits per heavy atom. The zero-order chi connectivity index (χ0) is 69.0. The Labute approximate surface area is 537 Å². The molecule has 0 saturated carbocycles. The molecule has 12 aromatic rings. The van der Waals surface area contributed by atoms with Gasteiger partial charge in [-0.2, -0.15) is 39.1 Å². The monoisotopic (exact) mass is 1300 g/mol. The molecule has 0 amide bonds. The first kappa shape index (κ1) is 88.8. The molecule has 0 spiro atoms. The van der Waals surface area contributed by atoms with Crippen molar-refractivity contribution in [2.24, 2.45) is 14.1 Å². The summed E-state index contributed by atoms with van der Waals surface area (Å²) in [7, 11) is 3.70. The van der Waals surface area contributed by atoms with E-state index in [1.54, 1.807) is 67.3 Å². The van der Waals surface area contributed by atoms with Crippen molar-refractivity contribution >= 4 is 34.4 Å². The predicted octanol–water partition coefficient (Wildman–Crippen LogP) is 12.5. The molecule has 3 N–H and O–H groups in total. The average Bonchev–Trinajstić information content (AvgIpc) is 4.33. The van der Waals surface area contributed by atoms with Crippen molar-refractivity contribution < 1.29 is 17.9 Å². The van der Waals surface area contributed by atoms with Gasteiger partial charge in [0.2, 0.25) is 11.8 Å². The third kappa shape index (κ3) is 56.6. The maximum atomic E-state index is 4.85. The van der Waals surface area contributed by atoms with Crippen molar-refractivity contribution in [3.8, 4) is 0 Å². The molecule has 12 rings (SSSR count). The van der Waals surface area contributed by atoms with Crippen molar-refractivity contribution in [2.75, 3.05) is 0 Å². The van der Waals surface area contributed by atoms with Crippen molar-refractivity contribution in [1.29, 1.82) is 0 Å². The van der Waals surface area contributed by atoms with Crippen molar-refractivity contribution in [3.05, 3.63) is 153 Å². The minimum atomic E-state index is 0.623. The van der Waals surface area contributed by atoms with Crippen LogP contribution in [0.5, 0.6) is 0 Å². The second-order valence-electron chi connectivity index (χ2n) is 15.2. The van der Waals surface area contributed by atoms with Gasteiger partial charge in [0.1, 0.15) is 105 Å². The van der Waals surface area contributed by atoms with Gasteiger partial charge >= 0.3 is 0 Å². The first-order chi connectivity index (χ1) is 42.5. The highest BCUT2D eigenvalue weighted by atomic mass is 32.1. The molecule has 0 aliphatic carbocycles. The van der Waals surface area contributed by atoms with E-state index in [1.165, 1.54) is 61.2 Å². The SMILES string of the molecule is CC.CC.CC.CC.CC.Cc1ncn[nH]1.Cc1ncn[nH]1.Cc1ncn[nH]1.Cc1ncoc1C.Cc1ncoc1C.Cc1nnc(C)s1.Cc1noc(C)n1.Cc1noc(C)n1.Cc1nsc(C)n1.Cc1nsc(C)n1.Cn1cncn1.Cn1cnnc1. The van der Waals surface area contributed by atoms with Crippen LogP contribution in [0, 0.1) is 118 Å². The highest BCUT2D eigenvalue weighted by Gasteiger charge is 1.94. The quantitative estimate of drug-likeness (QED) is 0.127. The minimum Gasteiger partial charge on any atom is -0.449 e. The van der Waals surface area contributed by atoms with Crippen molar-refractivity contribution in [2.45, 2.75) is 187 Å². The molecule has 0 aliphatic rings. The molecule has 31 nitrogen and oxygen atoms in total. The van der Waals surface area contributed by atoms with Gasteiger partial charge in [-0.25, -0.2) is 39.9 Å². The summed E-state index contributed by atoms with van der Waals surface area (Å²) >= 11 is 4.51. The molecule has 89 heavy (non-hydrogen) atoms. The standard InChI is InChI=1S/2C5H7NO.2C4H6N2O.3C4H6N2S.5C3H5N3.5C2H6/c2*1-4-5(2)7-3-6-4;2*1-3-5-4(2)7-6-3;1-3-5-6-4(2)7-3;2*1-3-5-4(2)7-6-3;1-6-2-4-5-3-6;1-6-3-4-2-5-6;3*1-3-4-2-5-6-3;5*1-2/h2*3H,1-2H3;5*1-2H3;2*2-3H,1H3;3*2H,1H3,(H,4,5,6);5*1-2H3. The van der Waals surface area contributed by atoms with Crippen LogP contribution in [0.15, 0.2) is 75.0 Å². The minimum absolute atomic E-state index is 0.623. The molecule has 12 aromatic heterocycles. The van der Waals surface area contributed by atoms with Crippen LogP contribution in [-0.4, -0.2) is 134 Å². The van der Waals surface area contributed by atoms with E-state index in [2.05, 4.69) is 134 Å². The van der Waals surface area contributed by atoms with E-state index in [-0.39, 0.29) is 0 Å². The largest absolute Gasteiger partial charge is 0.449 e. The first-order valence-corrected chi connectivity index (χ1v) is 30.5. The van der Waals surface area contributed by atoms with Gasteiger partial charge < -0.3 is 22.4 Å². The second-order valence-corrected chi connectivity index (χ2v) is 18.5. The summed E-state index contributed by atoms with van der Waals surface area (Å²) < 4.78 is 30.2. The fourth-order valence-electron chi connectivity index (χ4n) is 4.04. The fraction of sp³-hybridized carbons (Fsp3) is 0.527. The zero-order valence-electron chi connectivity index (χ0n) is 57.8. The summed E-state index contributed by atoms with van der Waals surface area (Å²) in [6, 6.07) is 0. The summed E-state index contributed by atoms with van der Waals surface area (Å²) in [5, 5.41) is 48.3. The number of aromatic nitrogens is 27. The van der Waals surface area contributed by atoms with Crippen molar-refractivity contribution in [1.82, 2.24) is 134 Å². The summed E-state index contributed by atoms with van der Waals surface area (Å²) in [4.78, 5) is 38.3. The number of oxazole rings is 2. The third-order valence-electron chi connectivity index (χ3n) is 7.79. The summed E-state index contributed by atoms with van der Waals surface area (Å²) in [5.74, 6) is 8.76. The topological polar surface area (TPSA) is 393 Å². The molecule has 0 radical (unpaired) electrons. The number of hydrogen-bond donors (Lipinski definition) is 3. The molecule has 0 aliphatic heterocycles. The normalized spacial score (nSPS) is 8.51. The van der Waals surface area contributed by atoms with E-state index in [1.807, 2.05) is 173 Å². The second kappa shape index (κ2) is 60.8. The molecule has 496 valence electrons. The number of hydrogen-bond acceptors (Lipinski definition) is 29. The Morgan fingerprint density at radius 3 is 0.831 bits per heavy atom. The lowest BCUT2D eigenvalue weighted by Crippen LogP contribution is -1.83. The van der Waals surface area contributed by atoms with Gasteiger partial charge in [0.15, 0.2) is 24.4 Å². The molecular weight excluding hydrogens is 1200 g/mol. The molecule has 12 heterocycles. The van der Waals surface area contributed by atoms with E-state index in [4.69, 9.17) is 8.83 Å². The van der Waals surface area contributed by atoms with E-state index < -0.39 is 0 Å². The maximum absolute atomic E-state index is 4.85. The number of nitrogens with one attached hydrogen (secondary N) is 3. The van der Waals surface area contributed by atoms with Gasteiger partial charge in [-0.05, 0) is 127 Å². The lowest BCUT2D eigenvalue weighted by Gasteiger charge is -1.76. The summed E-state index contributed by atoms with van der Waals surface area (Å²) in [6.07, 6.45) is 13.8. The summed E-state index contributed by atoms with van der Waals surface area (Å²) in [5.41, 5.74) is 1.94. The van der Waals surface area contributed by atoms with Crippen LogP contribution in [0.2, 0.25) is 0 Å². The van der Waals surface area contributed by atoms with Crippen LogP contribution in [0.4, 0.5) is 0 Å². The molecule has 0 fully saturated rings. The molecule has 0 saturated heterocycles. The molecule has 0 unspecified atom stereocenters. The number of aromatic amines is 3. The summed E-state index contributed by atoms with van der Waals surface area (Å²) in [6.45, 7) is 51.9. The molecule has 0 atom stereocenters. The number of aryl methyl sites for hydroxylation is 19. The molecular formula is C55H99N27O4S3. The molecule has 0 aromatic carbocycles. The van der Waals surface area contributed by atoms with Gasteiger partial charge in [0.05, 0.1) is 11.4 Å². The number of H-pyrrole nitrogens is 3. The van der Waals surface area contributed by atoms with E-state index in [0.717, 1.165) is 72.1 Å². The number of nitrogens with zero attached hydrogens (tertiary/aromatic N) is 24. The van der Waals surface area contributed by atoms with E-state index >= 15 is 0 Å². The Hall–Kier alpha value is -8.92. The fourth-order valence-corrected chi connectivity index (χ4v) is 5.59. The molecule has 34 heteroatoms.